The van der Waals surface area contributed by atoms with Gasteiger partial charge in [-0.15, -0.1) is 0 Å². The first kappa shape index (κ1) is 11.8. The van der Waals surface area contributed by atoms with Crippen molar-refractivity contribution in [3.05, 3.63) is 64.2 Å². The van der Waals surface area contributed by atoms with E-state index in [0.717, 1.165) is 5.56 Å². The highest BCUT2D eigenvalue weighted by Gasteiger charge is 2.21. The number of hydrogen-bond donors (Lipinski definition) is 1. The highest BCUT2D eigenvalue weighted by molar-refractivity contribution is 5.90. The van der Waals surface area contributed by atoms with Crippen LogP contribution >= 0.6 is 0 Å². The number of amidine groups is 1. The van der Waals surface area contributed by atoms with Crippen LogP contribution in [0.2, 0.25) is 0 Å². The summed E-state index contributed by atoms with van der Waals surface area (Å²) in [5, 5.41) is 22.1. The molecule has 0 saturated heterocycles. The Bertz CT molecular complexity index is 577. The smallest absolute Gasteiger partial charge is 0.358 e. The van der Waals surface area contributed by atoms with E-state index in [9.17, 15) is 10.1 Å². The van der Waals surface area contributed by atoms with E-state index in [1.807, 2.05) is 30.3 Å². The van der Waals surface area contributed by atoms with Crippen LogP contribution in [-0.4, -0.2) is 25.5 Å². The summed E-state index contributed by atoms with van der Waals surface area (Å²) < 4.78 is 1.55. The number of benzene rings is 1. The molecule has 0 spiro atoms. The molecule has 0 amide bonds. The molecule has 0 aliphatic rings. The predicted octanol–water partition coefficient (Wildman–Crippen LogP) is 1.34. The van der Waals surface area contributed by atoms with E-state index >= 15 is 0 Å². The van der Waals surface area contributed by atoms with Gasteiger partial charge >= 0.3 is 5.84 Å². The first-order valence-corrected chi connectivity index (χ1v) is 5.13. The van der Waals surface area contributed by atoms with E-state index in [4.69, 9.17) is 5.21 Å². The van der Waals surface area contributed by atoms with Gasteiger partial charge in [-0.1, -0.05) is 30.3 Å². The van der Waals surface area contributed by atoms with E-state index < -0.39 is 10.8 Å². The van der Waals surface area contributed by atoms with Gasteiger partial charge in [0.15, 0.2) is 10.8 Å². The number of nitrogens with zero attached hydrogens (tertiary/aromatic N) is 4. The topological polar surface area (TPSA) is 93.6 Å². The third-order valence-electron chi connectivity index (χ3n) is 2.40. The fourth-order valence-corrected chi connectivity index (χ4v) is 1.59. The van der Waals surface area contributed by atoms with Crippen LogP contribution in [-0.2, 0) is 6.54 Å². The minimum Gasteiger partial charge on any atom is -0.358 e. The normalized spacial score (nSPS) is 11.4. The summed E-state index contributed by atoms with van der Waals surface area (Å²) in [4.78, 5) is 13.8. The first-order valence-electron chi connectivity index (χ1n) is 5.13. The van der Waals surface area contributed by atoms with E-state index in [1.165, 1.54) is 12.5 Å². The van der Waals surface area contributed by atoms with Gasteiger partial charge in [-0.05, 0) is 10.5 Å². The Kier molecular flexibility index (Phi) is 3.33. The molecular weight excluding hydrogens is 236 g/mol. The van der Waals surface area contributed by atoms with Crippen LogP contribution < -0.4 is 0 Å². The molecule has 7 heteroatoms. The predicted molar refractivity (Wildman–Crippen MR) is 63.1 cm³/mol. The lowest BCUT2D eigenvalue weighted by Crippen LogP contribution is -2.18. The molecule has 0 saturated carbocycles. The molecule has 1 heterocycles. The van der Waals surface area contributed by atoms with Crippen LogP contribution in [0, 0.1) is 10.1 Å². The van der Waals surface area contributed by atoms with Crippen LogP contribution in [0.1, 0.15) is 11.3 Å². The van der Waals surface area contributed by atoms with Crippen LogP contribution in [0.5, 0.6) is 0 Å². The zero-order valence-electron chi connectivity index (χ0n) is 9.30. The fourth-order valence-electron chi connectivity index (χ4n) is 1.59. The maximum Gasteiger partial charge on any atom is 0.434 e. The highest BCUT2D eigenvalue weighted by atomic mass is 16.6. The van der Waals surface area contributed by atoms with Gasteiger partial charge in [0.2, 0.25) is 0 Å². The Hall–Kier alpha value is -2.70. The number of rotatable bonds is 3. The summed E-state index contributed by atoms with van der Waals surface area (Å²) in [6.45, 7) is 0.420. The van der Waals surface area contributed by atoms with Crippen LogP contribution in [0.15, 0.2) is 48.0 Å². The maximum atomic E-state index is 10.7. The number of imidazole rings is 1. The molecule has 2 aromatic rings. The van der Waals surface area contributed by atoms with E-state index in [2.05, 4.69) is 10.1 Å². The maximum absolute atomic E-state index is 10.7. The quantitative estimate of drug-likeness (QED) is 0.291. The summed E-state index contributed by atoms with van der Waals surface area (Å²) >= 11 is 0. The van der Waals surface area contributed by atoms with Crippen molar-refractivity contribution in [2.75, 3.05) is 0 Å². The molecule has 0 aliphatic heterocycles. The van der Waals surface area contributed by atoms with E-state index in [-0.39, 0.29) is 5.69 Å². The lowest BCUT2D eigenvalue weighted by Gasteiger charge is -2.05. The van der Waals surface area contributed by atoms with Crippen molar-refractivity contribution in [1.29, 1.82) is 0 Å². The van der Waals surface area contributed by atoms with Crippen molar-refractivity contribution in [3.8, 4) is 0 Å². The highest BCUT2D eigenvalue weighted by Crippen LogP contribution is 2.07. The summed E-state index contributed by atoms with van der Waals surface area (Å²) in [6, 6.07) is 9.42. The molecule has 7 nitrogen and oxygen atoms in total. The van der Waals surface area contributed by atoms with Gasteiger partial charge in [-0.2, -0.15) is 0 Å². The molecule has 1 N–H and O–H groups in total. The average molecular weight is 246 g/mol. The Balaban J connectivity index is 2.31. The summed E-state index contributed by atoms with van der Waals surface area (Å²) in [6.07, 6.45) is 2.75. The molecule has 18 heavy (non-hydrogen) atoms. The van der Waals surface area contributed by atoms with Crippen LogP contribution in [0.25, 0.3) is 0 Å². The molecule has 1 aromatic carbocycles. The number of aromatic nitrogens is 2. The number of oxime groups is 1. The molecule has 0 aliphatic carbocycles. The number of hydrogen-bond acceptors (Lipinski definition) is 5. The largest absolute Gasteiger partial charge is 0.434 e. The molecule has 2 rings (SSSR count). The first-order chi connectivity index (χ1) is 8.72. The second kappa shape index (κ2) is 5.09. The Morgan fingerprint density at radius 2 is 2.17 bits per heavy atom. The van der Waals surface area contributed by atoms with Crippen molar-refractivity contribution in [3.63, 3.8) is 0 Å². The standard InChI is InChI=1S/C11H10N4O3/c16-13-11(15(17)18)10-6-12-8-14(10)7-9-4-2-1-3-5-9/h1-6,8,16H,7H2/b13-11+. The summed E-state index contributed by atoms with van der Waals surface area (Å²) in [7, 11) is 0. The molecule has 1 aromatic heterocycles. The van der Waals surface area contributed by atoms with Gasteiger partial charge in [0.1, 0.15) is 0 Å². The van der Waals surface area contributed by atoms with Gasteiger partial charge in [0.25, 0.3) is 0 Å². The van der Waals surface area contributed by atoms with Crippen molar-refractivity contribution >= 4 is 5.84 Å². The average Bonchev–Trinajstić information content (AvgIpc) is 2.79. The minimum absolute atomic E-state index is 0.159. The molecule has 0 fully saturated rings. The SMILES string of the molecule is O=[N+]([O-])/C(=N/O)c1cncn1Cc1ccccc1. The van der Waals surface area contributed by atoms with Gasteiger partial charge in [0, 0.05) is 6.54 Å². The van der Waals surface area contributed by atoms with E-state index in [0.29, 0.717) is 6.54 Å². The molecule has 0 bridgehead atoms. The molecule has 92 valence electrons. The van der Waals surface area contributed by atoms with Crippen LogP contribution in [0.4, 0.5) is 0 Å². The zero-order chi connectivity index (χ0) is 13.0. The van der Waals surface area contributed by atoms with Crippen molar-refractivity contribution < 1.29 is 10.1 Å². The van der Waals surface area contributed by atoms with Crippen molar-refractivity contribution in [2.24, 2.45) is 5.16 Å². The van der Waals surface area contributed by atoms with Gasteiger partial charge in [0.05, 0.1) is 12.5 Å². The third-order valence-corrected chi connectivity index (χ3v) is 2.40. The van der Waals surface area contributed by atoms with Gasteiger partial charge in [-0.25, -0.2) is 4.98 Å². The second-order valence-electron chi connectivity index (χ2n) is 3.57. The monoisotopic (exact) mass is 246 g/mol. The summed E-state index contributed by atoms with van der Waals surface area (Å²) in [5.74, 6) is -0.622. The molecule has 0 unspecified atom stereocenters. The van der Waals surface area contributed by atoms with Crippen molar-refractivity contribution in [2.45, 2.75) is 6.54 Å². The van der Waals surface area contributed by atoms with E-state index in [1.54, 1.807) is 4.57 Å². The van der Waals surface area contributed by atoms with Crippen LogP contribution in [0.3, 0.4) is 0 Å². The molecule has 0 radical (unpaired) electrons. The lowest BCUT2D eigenvalue weighted by atomic mass is 10.2. The van der Waals surface area contributed by atoms with Gasteiger partial charge < -0.3 is 19.9 Å². The number of nitro groups is 1. The Morgan fingerprint density at radius 1 is 1.44 bits per heavy atom. The molecular formula is C11H10N4O3. The second-order valence-corrected chi connectivity index (χ2v) is 3.57. The third kappa shape index (κ3) is 2.34. The van der Waals surface area contributed by atoms with Crippen molar-refractivity contribution in [1.82, 2.24) is 9.55 Å². The Morgan fingerprint density at radius 3 is 2.78 bits per heavy atom. The zero-order valence-corrected chi connectivity index (χ0v) is 9.30. The summed E-state index contributed by atoms with van der Waals surface area (Å²) in [5.41, 5.74) is 1.13. The lowest BCUT2D eigenvalue weighted by molar-refractivity contribution is -0.351. The van der Waals surface area contributed by atoms with Gasteiger partial charge in [-0.3, -0.25) is 0 Å². The minimum atomic E-state index is -0.751. The Labute approximate surface area is 102 Å². The fraction of sp³-hybridized carbons (Fsp3) is 0.0909. The molecule has 0 atom stereocenters.